The minimum atomic E-state index is -5.79. The van der Waals surface area contributed by atoms with Crippen LogP contribution in [0.5, 0.6) is 5.75 Å². The molecule has 7 nitrogen and oxygen atoms in total. The van der Waals surface area contributed by atoms with Gasteiger partial charge in [-0.25, -0.2) is 13.6 Å². The van der Waals surface area contributed by atoms with E-state index in [1.54, 1.807) is 26.8 Å². The molecule has 15 heteroatoms. The van der Waals surface area contributed by atoms with E-state index in [2.05, 4.69) is 35.8 Å². The van der Waals surface area contributed by atoms with Crippen molar-refractivity contribution in [2.45, 2.75) is 63.8 Å². The average Bonchev–Trinajstić information content (AvgIpc) is 3.03. The monoisotopic (exact) mass is 756 g/mol. The second-order valence-electron chi connectivity index (χ2n) is 13.1. The maximum atomic E-state index is 14.0. The average molecular weight is 757 g/mol. The van der Waals surface area contributed by atoms with Crippen LogP contribution in [-0.4, -0.2) is 44.2 Å². The van der Waals surface area contributed by atoms with E-state index in [-0.39, 0.29) is 27.8 Å². The Morgan fingerprint density at radius 1 is 0.765 bits per heavy atom. The summed E-state index contributed by atoms with van der Waals surface area (Å²) in [5.74, 6) is -1.50. The van der Waals surface area contributed by atoms with Crippen LogP contribution in [0.1, 0.15) is 68.6 Å². The predicted molar refractivity (Wildman–Crippen MR) is 188 cm³/mol. The van der Waals surface area contributed by atoms with E-state index in [9.17, 15) is 35.2 Å². The second-order valence-corrected chi connectivity index (χ2v) is 14.9. The lowest BCUT2D eigenvalue weighted by atomic mass is 9.80. The van der Waals surface area contributed by atoms with Crippen molar-refractivity contribution in [1.82, 2.24) is 0 Å². The molecule has 0 aromatic heterocycles. The molecule has 0 saturated carbocycles. The number of alkyl halides is 4. The molecule has 0 saturated heterocycles. The number of halogens is 6. The molecule has 51 heavy (non-hydrogen) atoms. The zero-order valence-corrected chi connectivity index (χ0v) is 30.6. The molecule has 0 spiro atoms. The normalized spacial score (nSPS) is 11.7. The van der Waals surface area contributed by atoms with Gasteiger partial charge in [0.1, 0.15) is 17.4 Å². The van der Waals surface area contributed by atoms with Gasteiger partial charge in [0.05, 0.1) is 12.7 Å². The van der Waals surface area contributed by atoms with Gasteiger partial charge in [-0.3, -0.25) is 0 Å². The van der Waals surface area contributed by atoms with E-state index < -0.39 is 45.7 Å². The Kier molecular flexibility index (Phi) is 14.8. The van der Waals surface area contributed by atoms with Gasteiger partial charge in [-0.15, -0.1) is 11.6 Å². The topological polar surface area (TPSA) is 110 Å². The second kappa shape index (κ2) is 17.5. The molecule has 0 radical (unpaired) electrons. The summed E-state index contributed by atoms with van der Waals surface area (Å²) in [6.07, 6.45) is 0. The SMILES string of the molecule is CC(C)(C)c1cc(CCl)ccc1-c1ccccc1F.COC(=O)c1ccc(OS(=O)(=O)C(F)(F)F)c(C(C)(C)C)c1.OB(O)c1ccccc1F. The lowest BCUT2D eigenvalue weighted by molar-refractivity contribution is -0.0500. The lowest BCUT2D eigenvalue weighted by Gasteiger charge is -2.24. The minimum absolute atomic E-state index is 0.0559. The van der Waals surface area contributed by atoms with Crippen LogP contribution in [0.25, 0.3) is 11.1 Å². The summed E-state index contributed by atoms with van der Waals surface area (Å²) in [5.41, 5.74) is -2.48. The fourth-order valence-electron chi connectivity index (χ4n) is 4.49. The van der Waals surface area contributed by atoms with Gasteiger partial charge in [-0.05, 0) is 57.9 Å². The van der Waals surface area contributed by atoms with E-state index in [0.29, 0.717) is 11.4 Å². The van der Waals surface area contributed by atoms with E-state index in [1.807, 2.05) is 24.3 Å². The Morgan fingerprint density at radius 2 is 1.31 bits per heavy atom. The first-order valence-corrected chi connectivity index (χ1v) is 17.2. The Morgan fingerprint density at radius 3 is 1.76 bits per heavy atom. The van der Waals surface area contributed by atoms with Gasteiger partial charge in [0.2, 0.25) is 0 Å². The standard InChI is InChI=1S/C17H18ClF.C13H15F3O5S.C6H6BFO2/c1-17(2,3)15-10-12(11-18)8-9-13(15)14-6-4-5-7-16(14)19;1-12(2,3)9-7-8(11(17)20-4)5-6-10(9)21-22(18,19)13(14,15)16;8-6-4-2-1-3-5(6)7(9)10/h4-10H,11H2,1-3H3;5-7H,1-4H3;1-4,9-10H. The van der Waals surface area contributed by atoms with Crippen LogP contribution in [-0.2, 0) is 31.6 Å². The Balaban J connectivity index is 0.000000282. The van der Waals surface area contributed by atoms with Crippen LogP contribution in [0.3, 0.4) is 0 Å². The molecule has 4 rings (SSSR count). The molecular formula is C36H39BClF5O7S. The molecule has 4 aromatic carbocycles. The molecule has 0 fully saturated rings. The van der Waals surface area contributed by atoms with Crippen molar-refractivity contribution in [1.29, 1.82) is 0 Å². The first kappa shape index (κ1) is 43.2. The van der Waals surface area contributed by atoms with Crippen molar-refractivity contribution in [2.75, 3.05) is 7.11 Å². The van der Waals surface area contributed by atoms with Gasteiger partial charge in [-0.2, -0.15) is 21.6 Å². The van der Waals surface area contributed by atoms with Gasteiger partial charge < -0.3 is 19.0 Å². The molecular weight excluding hydrogens is 718 g/mol. The molecule has 0 unspecified atom stereocenters. The van der Waals surface area contributed by atoms with Crippen LogP contribution < -0.4 is 9.65 Å². The summed E-state index contributed by atoms with van der Waals surface area (Å²) in [6, 6.07) is 21.8. The van der Waals surface area contributed by atoms with Crippen LogP contribution in [0.4, 0.5) is 22.0 Å². The lowest BCUT2D eigenvalue weighted by Crippen LogP contribution is -2.32. The highest BCUT2D eigenvalue weighted by Gasteiger charge is 2.49. The summed E-state index contributed by atoms with van der Waals surface area (Å²) >= 11 is 5.90. The molecule has 0 atom stereocenters. The van der Waals surface area contributed by atoms with Gasteiger partial charge >= 0.3 is 28.7 Å². The molecule has 2 N–H and O–H groups in total. The molecule has 0 amide bonds. The van der Waals surface area contributed by atoms with E-state index >= 15 is 0 Å². The van der Waals surface area contributed by atoms with Crippen molar-refractivity contribution < 1.29 is 54.1 Å². The largest absolute Gasteiger partial charge is 0.534 e. The van der Waals surface area contributed by atoms with Crippen molar-refractivity contribution >= 4 is 40.3 Å². The van der Waals surface area contributed by atoms with Crippen LogP contribution >= 0.6 is 11.6 Å². The number of benzene rings is 4. The highest BCUT2D eigenvalue weighted by atomic mass is 35.5. The van der Waals surface area contributed by atoms with Gasteiger partial charge in [0.25, 0.3) is 0 Å². The van der Waals surface area contributed by atoms with E-state index in [1.165, 1.54) is 36.4 Å². The molecule has 0 aliphatic carbocycles. The summed E-state index contributed by atoms with van der Waals surface area (Å²) in [7, 11) is -6.36. The fourth-order valence-corrected chi connectivity index (χ4v) is 5.14. The van der Waals surface area contributed by atoms with Crippen LogP contribution in [0.15, 0.2) is 84.9 Å². The molecule has 276 valence electrons. The van der Waals surface area contributed by atoms with E-state index in [0.717, 1.165) is 35.9 Å². The number of methoxy groups -OCH3 is 1. The van der Waals surface area contributed by atoms with Gasteiger partial charge in [-0.1, -0.05) is 96.1 Å². The summed E-state index contributed by atoms with van der Waals surface area (Å²) in [5, 5.41) is 17.0. The Hall–Kier alpha value is -3.98. The third-order valence-corrected chi connectivity index (χ3v) is 8.36. The first-order valence-electron chi connectivity index (χ1n) is 15.2. The number of carbonyl (C=O) groups is 1. The Bertz CT molecular complexity index is 1910. The van der Waals surface area contributed by atoms with Crippen LogP contribution in [0.2, 0.25) is 0 Å². The number of carbonyl (C=O) groups excluding carboxylic acids is 1. The van der Waals surface area contributed by atoms with Crippen molar-refractivity contribution in [3.05, 3.63) is 119 Å². The molecule has 0 bridgehead atoms. The first-order chi connectivity index (χ1) is 23.4. The molecule has 0 aliphatic heterocycles. The zero-order chi connectivity index (χ0) is 38.9. The Labute approximate surface area is 300 Å². The maximum Gasteiger partial charge on any atom is 0.534 e. The van der Waals surface area contributed by atoms with Gasteiger partial charge in [0, 0.05) is 22.5 Å². The quantitative estimate of drug-likeness (QED) is 0.0512. The summed E-state index contributed by atoms with van der Waals surface area (Å²) in [4.78, 5) is 11.5. The van der Waals surface area contributed by atoms with Crippen LogP contribution in [0, 0.1) is 11.6 Å². The number of hydrogen-bond donors (Lipinski definition) is 2. The van der Waals surface area contributed by atoms with Gasteiger partial charge in [0.15, 0.2) is 0 Å². The molecule has 0 aliphatic rings. The molecule has 4 aromatic rings. The highest BCUT2D eigenvalue weighted by Crippen LogP contribution is 2.37. The number of rotatable bonds is 6. The minimum Gasteiger partial charge on any atom is -0.465 e. The summed E-state index contributed by atoms with van der Waals surface area (Å²) in [6.45, 7) is 11.3. The zero-order valence-electron chi connectivity index (χ0n) is 29.0. The van der Waals surface area contributed by atoms with E-state index in [4.69, 9.17) is 21.6 Å². The smallest absolute Gasteiger partial charge is 0.465 e. The van der Waals surface area contributed by atoms with Crippen molar-refractivity contribution in [3.8, 4) is 16.9 Å². The molecule has 0 heterocycles. The van der Waals surface area contributed by atoms with Crippen molar-refractivity contribution in [3.63, 3.8) is 0 Å². The number of ether oxygens (including phenoxy) is 1. The fraction of sp³-hybridized carbons (Fsp3) is 0.306. The van der Waals surface area contributed by atoms with Crippen molar-refractivity contribution in [2.24, 2.45) is 0 Å². The number of hydrogen-bond acceptors (Lipinski definition) is 7. The predicted octanol–water partition coefficient (Wildman–Crippen LogP) is 8.03. The third kappa shape index (κ3) is 12.1. The number of esters is 1. The third-order valence-electron chi connectivity index (χ3n) is 7.09. The highest BCUT2D eigenvalue weighted by molar-refractivity contribution is 7.88. The summed E-state index contributed by atoms with van der Waals surface area (Å²) < 4.78 is 94.8. The maximum absolute atomic E-state index is 14.0.